The summed E-state index contributed by atoms with van der Waals surface area (Å²) < 4.78 is 54.5. The van der Waals surface area contributed by atoms with Gasteiger partial charge in [-0.25, -0.2) is 18.0 Å². The number of fused-ring (bicyclic) bond motifs is 3. The number of ether oxygens (including phenoxy) is 2. The molecular weight excluding hydrogens is 481 g/mol. The van der Waals surface area contributed by atoms with E-state index in [0.29, 0.717) is 25.3 Å². The minimum absolute atomic E-state index is 0.0495. The molecule has 1 unspecified atom stereocenters. The van der Waals surface area contributed by atoms with E-state index in [1.54, 1.807) is 42.5 Å². The van der Waals surface area contributed by atoms with Crippen molar-refractivity contribution < 1.29 is 31.9 Å². The SMILES string of the molecule is O=C(OC1C[N+]2(CCOc3ccccc3F)CCC1CC2)N(Cc1ccc(F)cc1)c1ccccc1F. The van der Waals surface area contributed by atoms with Crippen LogP contribution >= 0.6 is 0 Å². The zero-order valence-electron chi connectivity index (χ0n) is 20.5. The van der Waals surface area contributed by atoms with Crippen molar-refractivity contribution in [2.24, 2.45) is 5.92 Å². The van der Waals surface area contributed by atoms with Crippen molar-refractivity contribution in [1.82, 2.24) is 0 Å². The van der Waals surface area contributed by atoms with Crippen LogP contribution < -0.4 is 9.64 Å². The molecule has 0 spiro atoms. The Morgan fingerprint density at radius 3 is 2.27 bits per heavy atom. The molecule has 3 aromatic carbocycles. The molecule has 2 bridgehead atoms. The van der Waals surface area contributed by atoms with Gasteiger partial charge in [0.1, 0.15) is 31.3 Å². The molecule has 0 radical (unpaired) electrons. The first-order valence-corrected chi connectivity index (χ1v) is 12.6. The van der Waals surface area contributed by atoms with Gasteiger partial charge in [0, 0.05) is 18.8 Å². The third-order valence-electron chi connectivity index (χ3n) is 7.57. The van der Waals surface area contributed by atoms with Gasteiger partial charge in [0.15, 0.2) is 17.7 Å². The fourth-order valence-corrected chi connectivity index (χ4v) is 5.46. The Balaban J connectivity index is 1.28. The summed E-state index contributed by atoms with van der Waals surface area (Å²) in [5.41, 5.74) is 0.768. The first-order chi connectivity index (χ1) is 17.9. The largest absolute Gasteiger partial charge is 0.485 e. The lowest BCUT2D eigenvalue weighted by Gasteiger charge is -2.52. The fourth-order valence-electron chi connectivity index (χ4n) is 5.46. The summed E-state index contributed by atoms with van der Waals surface area (Å²) >= 11 is 0. The van der Waals surface area contributed by atoms with Crippen LogP contribution in [0.25, 0.3) is 0 Å². The molecule has 3 heterocycles. The molecule has 0 saturated carbocycles. The van der Waals surface area contributed by atoms with E-state index in [1.807, 2.05) is 0 Å². The van der Waals surface area contributed by atoms with Gasteiger partial charge in [-0.2, -0.15) is 0 Å². The molecule has 3 aliphatic heterocycles. The van der Waals surface area contributed by atoms with Crippen LogP contribution in [-0.4, -0.2) is 49.5 Å². The van der Waals surface area contributed by atoms with Crippen molar-refractivity contribution in [3.05, 3.63) is 95.8 Å². The number of benzene rings is 3. The Kier molecular flexibility index (Phi) is 7.37. The molecule has 5 nitrogen and oxygen atoms in total. The van der Waals surface area contributed by atoms with Gasteiger partial charge in [-0.05, 0) is 42.0 Å². The van der Waals surface area contributed by atoms with Crippen LogP contribution in [0.5, 0.6) is 5.75 Å². The summed E-state index contributed by atoms with van der Waals surface area (Å²) in [5, 5.41) is 0. The van der Waals surface area contributed by atoms with Gasteiger partial charge in [-0.15, -0.1) is 0 Å². The first kappa shape index (κ1) is 25.1. The molecule has 0 aromatic heterocycles. The van der Waals surface area contributed by atoms with Crippen molar-refractivity contribution in [3.63, 3.8) is 0 Å². The molecule has 3 fully saturated rings. The molecule has 8 heteroatoms. The fraction of sp³-hybridized carbons (Fsp3) is 0.345. The quantitative estimate of drug-likeness (QED) is 0.352. The second-order valence-corrected chi connectivity index (χ2v) is 9.90. The number of carbonyl (C=O) groups excluding carboxylic acids is 1. The Morgan fingerprint density at radius 2 is 1.57 bits per heavy atom. The zero-order chi connectivity index (χ0) is 25.8. The van der Waals surface area contributed by atoms with Crippen molar-refractivity contribution in [1.29, 1.82) is 0 Å². The average Bonchev–Trinajstić information content (AvgIpc) is 2.90. The number of hydrogen-bond acceptors (Lipinski definition) is 3. The number of rotatable bonds is 8. The molecule has 1 atom stereocenters. The lowest BCUT2D eigenvalue weighted by molar-refractivity contribution is -0.946. The average molecular weight is 512 g/mol. The molecule has 37 heavy (non-hydrogen) atoms. The molecule has 6 rings (SSSR count). The Morgan fingerprint density at radius 1 is 0.892 bits per heavy atom. The minimum Gasteiger partial charge on any atom is -0.485 e. The van der Waals surface area contributed by atoms with Crippen molar-refractivity contribution in [3.8, 4) is 5.75 Å². The topological polar surface area (TPSA) is 38.8 Å². The first-order valence-electron chi connectivity index (χ1n) is 12.6. The highest BCUT2D eigenvalue weighted by molar-refractivity contribution is 5.87. The van der Waals surface area contributed by atoms with Gasteiger partial charge in [0.05, 0.1) is 25.3 Å². The van der Waals surface area contributed by atoms with Gasteiger partial charge in [-0.3, -0.25) is 4.90 Å². The number of para-hydroxylation sites is 2. The molecular formula is C29H30F3N2O3+. The predicted molar refractivity (Wildman–Crippen MR) is 134 cm³/mol. The number of halogens is 3. The number of amides is 1. The maximum atomic E-state index is 14.7. The van der Waals surface area contributed by atoms with E-state index < -0.39 is 11.9 Å². The van der Waals surface area contributed by atoms with Crippen molar-refractivity contribution >= 4 is 11.8 Å². The monoisotopic (exact) mass is 511 g/mol. The number of carbonyl (C=O) groups is 1. The van der Waals surface area contributed by atoms with Gasteiger partial charge in [0.25, 0.3) is 0 Å². The standard InChI is InChI=1S/C29H30F3N2O3/c30-23-11-9-21(10-12-23)19-33(26-7-3-1-5-24(26)31)29(35)37-28-20-34(15-13-22(28)14-16-34)17-18-36-27-8-4-2-6-25(27)32/h1-12,22,28H,13-20H2/q+1. The molecule has 194 valence electrons. The number of anilines is 1. The summed E-state index contributed by atoms with van der Waals surface area (Å²) in [5.74, 6) is -0.837. The van der Waals surface area contributed by atoms with Crippen molar-refractivity contribution in [2.45, 2.75) is 25.5 Å². The van der Waals surface area contributed by atoms with Gasteiger partial charge >= 0.3 is 6.09 Å². The maximum Gasteiger partial charge on any atom is 0.415 e. The van der Waals surface area contributed by atoms with Crippen LogP contribution in [0, 0.1) is 23.4 Å². The van der Waals surface area contributed by atoms with Gasteiger partial charge in [0.2, 0.25) is 0 Å². The summed E-state index contributed by atoms with van der Waals surface area (Å²) in [6.07, 6.45) is 0.879. The lowest BCUT2D eigenvalue weighted by Crippen LogP contribution is -2.65. The van der Waals surface area contributed by atoms with E-state index >= 15 is 0 Å². The van der Waals surface area contributed by atoms with E-state index in [4.69, 9.17) is 9.47 Å². The van der Waals surface area contributed by atoms with Crippen LogP contribution in [0.4, 0.5) is 23.7 Å². The third-order valence-corrected chi connectivity index (χ3v) is 7.57. The predicted octanol–water partition coefficient (Wildman–Crippen LogP) is 5.94. The highest BCUT2D eigenvalue weighted by Gasteiger charge is 2.48. The second-order valence-electron chi connectivity index (χ2n) is 9.90. The highest BCUT2D eigenvalue weighted by Crippen LogP contribution is 2.36. The third kappa shape index (κ3) is 5.74. The van der Waals surface area contributed by atoms with Crippen LogP contribution in [0.3, 0.4) is 0 Å². The molecule has 0 aliphatic carbocycles. The van der Waals surface area contributed by atoms with E-state index in [2.05, 4.69) is 0 Å². The van der Waals surface area contributed by atoms with E-state index in [1.165, 1.54) is 35.2 Å². The molecule has 3 aliphatic rings. The smallest absolute Gasteiger partial charge is 0.415 e. The zero-order valence-corrected chi connectivity index (χ0v) is 20.5. The Hall–Kier alpha value is -3.52. The summed E-state index contributed by atoms with van der Waals surface area (Å²) in [7, 11) is 0. The normalized spacial score (nSPS) is 22.5. The van der Waals surface area contributed by atoms with Crippen LogP contribution in [-0.2, 0) is 11.3 Å². The van der Waals surface area contributed by atoms with Gasteiger partial charge in [-0.1, -0.05) is 36.4 Å². The van der Waals surface area contributed by atoms with Crippen molar-refractivity contribution in [2.75, 3.05) is 37.7 Å². The second kappa shape index (κ2) is 10.8. The Labute approximate surface area is 214 Å². The van der Waals surface area contributed by atoms with Crippen LogP contribution in [0.15, 0.2) is 72.8 Å². The number of quaternary nitrogens is 1. The lowest BCUT2D eigenvalue weighted by atomic mass is 9.83. The summed E-state index contributed by atoms with van der Waals surface area (Å²) in [4.78, 5) is 14.7. The molecule has 1 amide bonds. The van der Waals surface area contributed by atoms with E-state index in [0.717, 1.165) is 30.4 Å². The molecule has 0 N–H and O–H groups in total. The molecule has 3 saturated heterocycles. The number of piperidine rings is 3. The Bertz CT molecular complexity index is 1230. The summed E-state index contributed by atoms with van der Waals surface area (Å²) in [6.45, 7) is 3.63. The summed E-state index contributed by atoms with van der Waals surface area (Å²) in [6, 6.07) is 18.2. The highest BCUT2D eigenvalue weighted by atomic mass is 19.1. The number of hydrogen-bond donors (Lipinski definition) is 0. The maximum absolute atomic E-state index is 14.7. The van der Waals surface area contributed by atoms with E-state index in [-0.39, 0.29) is 41.6 Å². The van der Waals surface area contributed by atoms with Gasteiger partial charge < -0.3 is 14.0 Å². The van der Waals surface area contributed by atoms with Crippen LogP contribution in [0.2, 0.25) is 0 Å². The molecule has 3 aromatic rings. The number of nitrogens with zero attached hydrogens (tertiary/aromatic N) is 2. The minimum atomic E-state index is -0.631. The van der Waals surface area contributed by atoms with Crippen LogP contribution in [0.1, 0.15) is 18.4 Å². The van der Waals surface area contributed by atoms with E-state index in [9.17, 15) is 18.0 Å².